The van der Waals surface area contributed by atoms with E-state index in [0.717, 1.165) is 10.9 Å². The number of pyridine rings is 1. The minimum absolute atomic E-state index is 0.109. The number of hydrogen-bond donors (Lipinski definition) is 3. The topological polar surface area (TPSA) is 78.0 Å². The van der Waals surface area contributed by atoms with E-state index < -0.39 is 17.8 Å². The minimum Gasteiger partial charge on any atom is -0.508 e. The summed E-state index contributed by atoms with van der Waals surface area (Å²) in [4.78, 5) is 20.3. The maximum Gasteiger partial charge on any atom is 0.270 e. The Morgan fingerprint density at radius 2 is 1.93 bits per heavy atom. The fourth-order valence-corrected chi connectivity index (χ4v) is 3.21. The van der Waals surface area contributed by atoms with E-state index in [1.165, 1.54) is 18.2 Å². The van der Waals surface area contributed by atoms with Gasteiger partial charge in [-0.05, 0) is 54.8 Å². The molecule has 2 aromatic heterocycles. The van der Waals surface area contributed by atoms with E-state index in [1.807, 2.05) is 30.3 Å². The highest BCUT2D eigenvalue weighted by molar-refractivity contribution is 5.93. The second kappa shape index (κ2) is 7.15. The average Bonchev–Trinajstić information content (AvgIpc) is 3.12. The van der Waals surface area contributed by atoms with Gasteiger partial charge in [-0.15, -0.1) is 0 Å². The number of hydrogen-bond acceptors (Lipinski definition) is 3. The molecule has 2 aromatic carbocycles. The van der Waals surface area contributed by atoms with Gasteiger partial charge in [-0.2, -0.15) is 0 Å². The van der Waals surface area contributed by atoms with Crippen molar-refractivity contribution in [3.8, 4) is 5.75 Å². The molecule has 1 unspecified atom stereocenters. The van der Waals surface area contributed by atoms with Crippen LogP contribution in [0.15, 0.2) is 66.7 Å². The van der Waals surface area contributed by atoms with Gasteiger partial charge >= 0.3 is 0 Å². The molecule has 0 fully saturated rings. The number of aromatic nitrogens is 2. The van der Waals surface area contributed by atoms with E-state index in [-0.39, 0.29) is 17.0 Å². The first kappa shape index (κ1) is 17.7. The molecular weight excluding hydrogens is 357 g/mol. The van der Waals surface area contributed by atoms with Crippen LogP contribution in [-0.2, 0) is 0 Å². The van der Waals surface area contributed by atoms with Crippen LogP contribution >= 0.6 is 0 Å². The number of halogens is 1. The maximum absolute atomic E-state index is 13.9. The third-order valence-electron chi connectivity index (χ3n) is 4.56. The van der Waals surface area contributed by atoms with Crippen LogP contribution in [0.4, 0.5) is 4.39 Å². The number of carbonyl (C=O) groups excluding carboxylic acids is 1. The number of phenols is 1. The molecule has 1 amide bonds. The molecule has 3 N–H and O–H groups in total. The molecule has 0 aliphatic carbocycles. The zero-order valence-electron chi connectivity index (χ0n) is 15.1. The molecule has 0 aliphatic rings. The molecule has 0 saturated carbocycles. The number of aromatic amines is 1. The van der Waals surface area contributed by atoms with Crippen LogP contribution in [0.1, 0.15) is 33.5 Å². The Morgan fingerprint density at radius 1 is 1.11 bits per heavy atom. The molecule has 140 valence electrons. The standard InChI is InChI=1S/C22H18FN3O2/c1-13-5-4-8-18(24-13)22(28)26-21(16-12-15(23)9-10-20(16)27)19-11-14-6-2-3-7-17(14)25-19/h2-12,21,25,27H,1H3,(H,26,28). The summed E-state index contributed by atoms with van der Waals surface area (Å²) in [5.41, 5.74) is 2.72. The number of carbonyl (C=O) groups is 1. The van der Waals surface area contributed by atoms with E-state index >= 15 is 0 Å². The van der Waals surface area contributed by atoms with Crippen LogP contribution in [0.5, 0.6) is 5.75 Å². The number of nitrogens with one attached hydrogen (secondary N) is 2. The molecule has 0 spiro atoms. The molecule has 0 radical (unpaired) electrons. The molecule has 0 bridgehead atoms. The van der Waals surface area contributed by atoms with Gasteiger partial charge in [0.15, 0.2) is 0 Å². The van der Waals surface area contributed by atoms with Crippen molar-refractivity contribution in [2.45, 2.75) is 13.0 Å². The molecule has 2 heterocycles. The number of aromatic hydroxyl groups is 1. The summed E-state index contributed by atoms with van der Waals surface area (Å²) >= 11 is 0. The summed E-state index contributed by atoms with van der Waals surface area (Å²) in [6.07, 6.45) is 0. The van der Waals surface area contributed by atoms with Gasteiger partial charge in [0.2, 0.25) is 0 Å². The fraction of sp³-hybridized carbons (Fsp3) is 0.0909. The molecule has 28 heavy (non-hydrogen) atoms. The molecule has 1 atom stereocenters. The monoisotopic (exact) mass is 375 g/mol. The van der Waals surface area contributed by atoms with Crippen molar-refractivity contribution in [3.63, 3.8) is 0 Å². The maximum atomic E-state index is 13.9. The Balaban J connectivity index is 1.79. The van der Waals surface area contributed by atoms with Crippen LogP contribution in [0.2, 0.25) is 0 Å². The van der Waals surface area contributed by atoms with Gasteiger partial charge in [0.25, 0.3) is 5.91 Å². The van der Waals surface area contributed by atoms with Gasteiger partial charge in [-0.1, -0.05) is 24.3 Å². The van der Waals surface area contributed by atoms with E-state index in [2.05, 4.69) is 15.3 Å². The second-order valence-corrected chi connectivity index (χ2v) is 6.59. The lowest BCUT2D eigenvalue weighted by Crippen LogP contribution is -2.30. The van der Waals surface area contributed by atoms with Crippen molar-refractivity contribution >= 4 is 16.8 Å². The summed E-state index contributed by atoms with van der Waals surface area (Å²) in [6, 6.07) is 17.5. The first-order chi connectivity index (χ1) is 13.5. The number of nitrogens with zero attached hydrogens (tertiary/aromatic N) is 1. The fourth-order valence-electron chi connectivity index (χ4n) is 3.21. The van der Waals surface area contributed by atoms with Crippen LogP contribution in [-0.4, -0.2) is 21.0 Å². The number of phenolic OH excluding ortho intramolecular Hbond substituents is 1. The van der Waals surface area contributed by atoms with Gasteiger partial charge in [-0.25, -0.2) is 9.37 Å². The average molecular weight is 375 g/mol. The normalized spacial score (nSPS) is 12.1. The number of fused-ring (bicyclic) bond motifs is 1. The molecule has 4 aromatic rings. The number of H-pyrrole nitrogens is 1. The Bertz CT molecular complexity index is 1140. The van der Waals surface area contributed by atoms with Crippen molar-refractivity contribution in [1.82, 2.24) is 15.3 Å². The molecular formula is C22H18FN3O2. The van der Waals surface area contributed by atoms with E-state index in [9.17, 15) is 14.3 Å². The zero-order chi connectivity index (χ0) is 19.7. The smallest absolute Gasteiger partial charge is 0.270 e. The SMILES string of the molecule is Cc1cccc(C(=O)NC(c2cc3ccccc3[nH]2)c2cc(F)ccc2O)n1. The number of aryl methyl sites for hydroxylation is 1. The van der Waals surface area contributed by atoms with Crippen molar-refractivity contribution in [2.75, 3.05) is 0 Å². The number of benzene rings is 2. The number of amides is 1. The van der Waals surface area contributed by atoms with Crippen molar-refractivity contribution in [1.29, 1.82) is 0 Å². The highest BCUT2D eigenvalue weighted by Crippen LogP contribution is 2.31. The molecule has 4 rings (SSSR count). The number of para-hydroxylation sites is 1. The largest absolute Gasteiger partial charge is 0.508 e. The van der Waals surface area contributed by atoms with Crippen LogP contribution in [0, 0.1) is 12.7 Å². The van der Waals surface area contributed by atoms with Crippen LogP contribution in [0.25, 0.3) is 10.9 Å². The zero-order valence-corrected chi connectivity index (χ0v) is 15.1. The van der Waals surface area contributed by atoms with E-state index in [0.29, 0.717) is 11.4 Å². The lowest BCUT2D eigenvalue weighted by molar-refractivity contribution is 0.0937. The van der Waals surface area contributed by atoms with Gasteiger partial charge < -0.3 is 15.4 Å². The first-order valence-electron chi connectivity index (χ1n) is 8.82. The summed E-state index contributed by atoms with van der Waals surface area (Å²) in [5.74, 6) is -1.03. The van der Waals surface area contributed by atoms with Gasteiger partial charge in [0, 0.05) is 22.5 Å². The third kappa shape index (κ3) is 3.44. The van der Waals surface area contributed by atoms with Crippen molar-refractivity contribution in [3.05, 3.63) is 95.2 Å². The second-order valence-electron chi connectivity index (χ2n) is 6.59. The van der Waals surface area contributed by atoms with Crippen molar-refractivity contribution < 1.29 is 14.3 Å². The third-order valence-corrected chi connectivity index (χ3v) is 4.56. The minimum atomic E-state index is -0.780. The molecule has 0 saturated heterocycles. The quantitative estimate of drug-likeness (QED) is 0.499. The first-order valence-corrected chi connectivity index (χ1v) is 8.82. The predicted octanol–water partition coefficient (Wildman–Crippen LogP) is 4.24. The van der Waals surface area contributed by atoms with Gasteiger partial charge in [-0.3, -0.25) is 4.79 Å². The summed E-state index contributed by atoms with van der Waals surface area (Å²) in [5, 5.41) is 14.1. The molecule has 6 heteroatoms. The van der Waals surface area contributed by atoms with Crippen LogP contribution in [0.3, 0.4) is 0 Å². The Hall–Kier alpha value is -3.67. The van der Waals surface area contributed by atoms with E-state index in [1.54, 1.807) is 25.1 Å². The highest BCUT2D eigenvalue weighted by Gasteiger charge is 2.23. The summed E-state index contributed by atoms with van der Waals surface area (Å²) < 4.78 is 13.9. The van der Waals surface area contributed by atoms with Crippen LogP contribution < -0.4 is 5.32 Å². The lowest BCUT2D eigenvalue weighted by atomic mass is 10.0. The predicted molar refractivity (Wildman–Crippen MR) is 105 cm³/mol. The summed E-state index contributed by atoms with van der Waals surface area (Å²) in [6.45, 7) is 1.80. The Labute approximate surface area is 160 Å². The van der Waals surface area contributed by atoms with E-state index in [4.69, 9.17) is 0 Å². The summed E-state index contributed by atoms with van der Waals surface area (Å²) in [7, 11) is 0. The Morgan fingerprint density at radius 3 is 2.71 bits per heavy atom. The van der Waals surface area contributed by atoms with Gasteiger partial charge in [0.05, 0.1) is 6.04 Å². The highest BCUT2D eigenvalue weighted by atomic mass is 19.1. The Kier molecular flexibility index (Phi) is 4.53. The molecule has 0 aliphatic heterocycles. The lowest BCUT2D eigenvalue weighted by Gasteiger charge is -2.19. The molecule has 5 nitrogen and oxygen atoms in total. The van der Waals surface area contributed by atoms with Crippen molar-refractivity contribution in [2.24, 2.45) is 0 Å². The number of rotatable bonds is 4. The van der Waals surface area contributed by atoms with Gasteiger partial charge in [0.1, 0.15) is 17.3 Å².